The molecule has 0 radical (unpaired) electrons. The third kappa shape index (κ3) is 1.15. The Balaban J connectivity index is 2.33. The highest BCUT2D eigenvalue weighted by Gasteiger charge is 2.30. The first-order valence-corrected chi connectivity index (χ1v) is 4.68. The highest BCUT2D eigenvalue weighted by atomic mass is 14.3. The number of allylic oxidation sites excluding steroid dienone is 4. The lowest BCUT2D eigenvalue weighted by Crippen LogP contribution is -2.22. The molecule has 11 heavy (non-hydrogen) atoms. The van der Waals surface area contributed by atoms with Crippen molar-refractivity contribution in [1.29, 1.82) is 0 Å². The zero-order valence-corrected chi connectivity index (χ0v) is 7.27. The Morgan fingerprint density at radius 1 is 1.27 bits per heavy atom. The van der Waals surface area contributed by atoms with Gasteiger partial charge in [0.05, 0.1) is 0 Å². The minimum atomic E-state index is 0.549. The molecule has 0 saturated carbocycles. The maximum atomic E-state index is 2.43. The molecular formula is C11H16. The summed E-state index contributed by atoms with van der Waals surface area (Å²) >= 11 is 0. The number of hydrogen-bond acceptors (Lipinski definition) is 0. The van der Waals surface area contributed by atoms with Crippen LogP contribution in [0.25, 0.3) is 0 Å². The minimum Gasteiger partial charge on any atom is -0.0842 e. The van der Waals surface area contributed by atoms with E-state index in [9.17, 15) is 0 Å². The van der Waals surface area contributed by atoms with Crippen LogP contribution in [0.5, 0.6) is 0 Å². The molecule has 0 N–H and O–H groups in total. The van der Waals surface area contributed by atoms with Crippen LogP contribution in [-0.2, 0) is 0 Å². The molecule has 1 atom stereocenters. The topological polar surface area (TPSA) is 0 Å². The second-order valence-corrected chi connectivity index (χ2v) is 4.05. The van der Waals surface area contributed by atoms with E-state index < -0.39 is 0 Å². The smallest absolute Gasteiger partial charge is 0.00755 e. The molecule has 0 spiro atoms. The molecule has 0 aromatic rings. The van der Waals surface area contributed by atoms with Crippen LogP contribution in [0.15, 0.2) is 23.8 Å². The molecule has 0 nitrogen and oxygen atoms in total. The molecule has 0 heterocycles. The minimum absolute atomic E-state index is 0.549. The van der Waals surface area contributed by atoms with Crippen LogP contribution >= 0.6 is 0 Å². The van der Waals surface area contributed by atoms with Crippen LogP contribution in [0.1, 0.15) is 39.0 Å². The predicted molar refractivity (Wildman–Crippen MR) is 48.4 cm³/mol. The van der Waals surface area contributed by atoms with Crippen molar-refractivity contribution in [2.75, 3.05) is 0 Å². The molecule has 0 aromatic heterocycles. The molecule has 2 aliphatic rings. The predicted octanol–water partition coefficient (Wildman–Crippen LogP) is 3.45. The van der Waals surface area contributed by atoms with Crippen molar-refractivity contribution in [1.82, 2.24) is 0 Å². The summed E-state index contributed by atoms with van der Waals surface area (Å²) in [7, 11) is 0. The molecule has 0 saturated heterocycles. The Morgan fingerprint density at radius 3 is 3.00 bits per heavy atom. The van der Waals surface area contributed by atoms with E-state index in [0.717, 1.165) is 0 Å². The van der Waals surface area contributed by atoms with E-state index in [1.54, 1.807) is 5.57 Å². The van der Waals surface area contributed by atoms with E-state index in [-0.39, 0.29) is 0 Å². The fraction of sp³-hybridized carbons (Fsp3) is 0.636. The lowest BCUT2D eigenvalue weighted by Gasteiger charge is -2.36. The first-order valence-electron chi connectivity index (χ1n) is 4.68. The van der Waals surface area contributed by atoms with Crippen molar-refractivity contribution in [2.45, 2.75) is 39.0 Å². The summed E-state index contributed by atoms with van der Waals surface area (Å²) in [5, 5.41) is 0. The molecule has 2 rings (SSSR count). The molecular weight excluding hydrogens is 132 g/mol. The third-order valence-corrected chi connectivity index (χ3v) is 3.15. The van der Waals surface area contributed by atoms with Gasteiger partial charge in [0.1, 0.15) is 0 Å². The van der Waals surface area contributed by atoms with Gasteiger partial charge in [-0.3, -0.25) is 0 Å². The highest BCUT2D eigenvalue weighted by Crippen LogP contribution is 2.43. The highest BCUT2D eigenvalue weighted by molar-refractivity contribution is 5.30. The maximum Gasteiger partial charge on any atom is -0.00755 e. The van der Waals surface area contributed by atoms with Crippen LogP contribution in [0.2, 0.25) is 0 Å². The van der Waals surface area contributed by atoms with Crippen LogP contribution in [0.4, 0.5) is 0 Å². The quantitative estimate of drug-likeness (QED) is 0.493. The summed E-state index contributed by atoms with van der Waals surface area (Å²) in [5.41, 5.74) is 2.16. The average Bonchev–Trinajstić information content (AvgIpc) is 2.03. The normalized spacial score (nSPS) is 36.3. The lowest BCUT2D eigenvalue weighted by atomic mass is 9.69. The van der Waals surface area contributed by atoms with Gasteiger partial charge in [0.15, 0.2) is 0 Å². The fourth-order valence-corrected chi connectivity index (χ4v) is 2.29. The molecule has 0 unspecified atom stereocenters. The summed E-state index contributed by atoms with van der Waals surface area (Å²) in [5.74, 6) is 0. The Morgan fingerprint density at radius 2 is 2.18 bits per heavy atom. The standard InChI is InChI=1S/C11H16/c1-11-8-4-2-6-10(11)7-3-5-9-11/h2,6-7H,3-5,8-9H2,1H3/t11-/m0/s1. The molecule has 60 valence electrons. The third-order valence-electron chi connectivity index (χ3n) is 3.15. The van der Waals surface area contributed by atoms with Crippen molar-refractivity contribution < 1.29 is 0 Å². The van der Waals surface area contributed by atoms with Crippen LogP contribution in [0.3, 0.4) is 0 Å². The van der Waals surface area contributed by atoms with Crippen LogP contribution in [-0.4, -0.2) is 0 Å². The van der Waals surface area contributed by atoms with Gasteiger partial charge in [0, 0.05) is 0 Å². The molecule has 0 heteroatoms. The second kappa shape index (κ2) is 2.51. The van der Waals surface area contributed by atoms with Gasteiger partial charge in [0.25, 0.3) is 0 Å². The monoisotopic (exact) mass is 148 g/mol. The molecule has 0 aromatic carbocycles. The number of rotatable bonds is 0. The van der Waals surface area contributed by atoms with Gasteiger partial charge in [-0.25, -0.2) is 0 Å². The van der Waals surface area contributed by atoms with E-state index in [0.29, 0.717) is 5.41 Å². The first-order chi connectivity index (χ1) is 5.31. The van der Waals surface area contributed by atoms with Gasteiger partial charge >= 0.3 is 0 Å². The summed E-state index contributed by atoms with van der Waals surface area (Å²) in [6.45, 7) is 2.42. The molecule has 0 aliphatic heterocycles. The van der Waals surface area contributed by atoms with E-state index in [2.05, 4.69) is 25.2 Å². The molecule has 0 amide bonds. The fourth-order valence-electron chi connectivity index (χ4n) is 2.29. The number of fused-ring (bicyclic) bond motifs is 1. The van der Waals surface area contributed by atoms with Crippen molar-refractivity contribution >= 4 is 0 Å². The maximum absolute atomic E-state index is 2.43. The van der Waals surface area contributed by atoms with Gasteiger partial charge in [0.2, 0.25) is 0 Å². The van der Waals surface area contributed by atoms with E-state index in [1.165, 1.54) is 32.1 Å². The SMILES string of the molecule is C[C@@]12CCC=CC1=CCCC2. The van der Waals surface area contributed by atoms with Gasteiger partial charge < -0.3 is 0 Å². The van der Waals surface area contributed by atoms with Crippen molar-refractivity contribution in [3.8, 4) is 0 Å². The van der Waals surface area contributed by atoms with Gasteiger partial charge in [-0.1, -0.05) is 25.2 Å². The van der Waals surface area contributed by atoms with Gasteiger partial charge in [-0.2, -0.15) is 0 Å². The second-order valence-electron chi connectivity index (χ2n) is 4.05. The Hall–Kier alpha value is -0.520. The molecule has 0 fully saturated rings. The average molecular weight is 148 g/mol. The van der Waals surface area contributed by atoms with Crippen LogP contribution < -0.4 is 0 Å². The van der Waals surface area contributed by atoms with Crippen LogP contribution in [0, 0.1) is 5.41 Å². The summed E-state index contributed by atoms with van der Waals surface area (Å²) in [4.78, 5) is 0. The van der Waals surface area contributed by atoms with Gasteiger partial charge in [-0.05, 0) is 43.1 Å². The Kier molecular flexibility index (Phi) is 1.63. The number of hydrogen-bond donors (Lipinski definition) is 0. The van der Waals surface area contributed by atoms with E-state index in [4.69, 9.17) is 0 Å². The van der Waals surface area contributed by atoms with Crippen molar-refractivity contribution in [3.05, 3.63) is 23.8 Å². The zero-order valence-electron chi connectivity index (χ0n) is 7.27. The van der Waals surface area contributed by atoms with Crippen molar-refractivity contribution in [3.63, 3.8) is 0 Å². The van der Waals surface area contributed by atoms with Gasteiger partial charge in [-0.15, -0.1) is 0 Å². The van der Waals surface area contributed by atoms with E-state index in [1.807, 2.05) is 0 Å². The summed E-state index contributed by atoms with van der Waals surface area (Å²) in [6.07, 6.45) is 13.8. The largest absolute Gasteiger partial charge is 0.0842 e. The zero-order chi connectivity index (χ0) is 7.73. The Labute approximate surface area is 69.0 Å². The lowest BCUT2D eigenvalue weighted by molar-refractivity contribution is 0.315. The van der Waals surface area contributed by atoms with E-state index >= 15 is 0 Å². The summed E-state index contributed by atoms with van der Waals surface area (Å²) < 4.78 is 0. The molecule has 2 aliphatic carbocycles. The first kappa shape index (κ1) is 7.15. The Bertz CT molecular complexity index is 210. The van der Waals surface area contributed by atoms with Crippen molar-refractivity contribution in [2.24, 2.45) is 5.41 Å². The summed E-state index contributed by atoms with van der Waals surface area (Å²) in [6, 6.07) is 0. The molecule has 0 bridgehead atoms.